The molecule has 0 radical (unpaired) electrons. The fourth-order valence-corrected chi connectivity index (χ4v) is 6.38. The first-order chi connectivity index (χ1) is 16.6. The molecule has 1 aliphatic heterocycles. The second-order valence-electron chi connectivity index (χ2n) is 9.72. The zero-order valence-corrected chi connectivity index (χ0v) is 21.0. The number of benzene rings is 2. The number of morpholine rings is 1. The number of hydrogen-bond donors (Lipinski definition) is 0. The lowest BCUT2D eigenvalue weighted by molar-refractivity contribution is -0.140. The molecule has 2 heterocycles. The van der Waals surface area contributed by atoms with Crippen LogP contribution in [-0.4, -0.2) is 56.6 Å². The van der Waals surface area contributed by atoms with Gasteiger partial charge < -0.3 is 14.2 Å². The summed E-state index contributed by atoms with van der Waals surface area (Å²) in [6.07, 6.45) is 6.99. The Morgan fingerprint density at radius 3 is 2.53 bits per heavy atom. The highest BCUT2D eigenvalue weighted by Crippen LogP contribution is 2.34. The van der Waals surface area contributed by atoms with Crippen molar-refractivity contribution in [1.29, 1.82) is 0 Å². The Bertz CT molecular complexity index is 1130. The molecular formula is C27H34N4O2S. The van der Waals surface area contributed by atoms with Gasteiger partial charge in [0.15, 0.2) is 5.16 Å². The van der Waals surface area contributed by atoms with Crippen molar-refractivity contribution in [3.8, 4) is 0 Å². The van der Waals surface area contributed by atoms with Crippen molar-refractivity contribution in [1.82, 2.24) is 19.7 Å². The average molecular weight is 479 g/mol. The van der Waals surface area contributed by atoms with Gasteiger partial charge in [-0.1, -0.05) is 73.5 Å². The third kappa shape index (κ3) is 5.15. The van der Waals surface area contributed by atoms with E-state index in [2.05, 4.69) is 57.2 Å². The van der Waals surface area contributed by atoms with E-state index in [0.717, 1.165) is 30.2 Å². The highest BCUT2D eigenvalue weighted by Gasteiger charge is 2.28. The number of aromatic nitrogens is 3. The maximum Gasteiger partial charge on any atom is 0.233 e. The van der Waals surface area contributed by atoms with Crippen molar-refractivity contribution in [3.05, 3.63) is 53.9 Å². The van der Waals surface area contributed by atoms with Crippen LogP contribution < -0.4 is 0 Å². The van der Waals surface area contributed by atoms with Crippen LogP contribution in [0.25, 0.3) is 10.8 Å². The molecule has 1 aromatic heterocycles. The first kappa shape index (κ1) is 23.4. The normalized spacial score (nSPS) is 21.8. The minimum atomic E-state index is 0.0795. The molecule has 6 nitrogen and oxygen atoms in total. The van der Waals surface area contributed by atoms with Gasteiger partial charge in [-0.15, -0.1) is 10.2 Å². The highest BCUT2D eigenvalue weighted by molar-refractivity contribution is 7.99. The molecule has 180 valence electrons. The molecule has 0 bridgehead atoms. The van der Waals surface area contributed by atoms with Crippen LogP contribution >= 0.6 is 11.8 Å². The van der Waals surface area contributed by atoms with Crippen LogP contribution in [0.4, 0.5) is 0 Å². The summed E-state index contributed by atoms with van der Waals surface area (Å²) in [6, 6.07) is 15.4. The molecule has 2 aliphatic rings. The summed E-state index contributed by atoms with van der Waals surface area (Å²) in [5.41, 5.74) is 1.27. The monoisotopic (exact) mass is 478 g/mol. The van der Waals surface area contributed by atoms with Crippen LogP contribution in [0.3, 0.4) is 0 Å². The Balaban J connectivity index is 1.38. The lowest BCUT2D eigenvalue weighted by Crippen LogP contribution is -2.48. The number of amides is 1. The van der Waals surface area contributed by atoms with E-state index in [0.29, 0.717) is 24.9 Å². The Morgan fingerprint density at radius 2 is 1.74 bits per heavy atom. The van der Waals surface area contributed by atoms with Gasteiger partial charge in [-0.05, 0) is 43.0 Å². The predicted octanol–water partition coefficient (Wildman–Crippen LogP) is 5.26. The van der Waals surface area contributed by atoms with Gasteiger partial charge in [0.2, 0.25) is 5.91 Å². The second kappa shape index (κ2) is 10.5. The van der Waals surface area contributed by atoms with E-state index in [4.69, 9.17) is 4.74 Å². The molecular weight excluding hydrogens is 444 g/mol. The number of nitrogens with zero attached hydrogens (tertiary/aromatic N) is 4. The Labute approximate surface area is 206 Å². The molecule has 1 saturated heterocycles. The van der Waals surface area contributed by atoms with E-state index in [-0.39, 0.29) is 18.1 Å². The zero-order chi connectivity index (χ0) is 23.5. The first-order valence-corrected chi connectivity index (χ1v) is 13.5. The number of carbonyl (C=O) groups is 1. The Hall–Kier alpha value is -2.38. The molecule has 0 unspecified atom stereocenters. The maximum absolute atomic E-state index is 13.0. The van der Waals surface area contributed by atoms with Crippen LogP contribution in [0, 0.1) is 0 Å². The SMILES string of the molecule is C[C@@H]1CN(C(=O)CSc2nnc(Cc3cccc4ccccc34)n2C2CCCCC2)C[C@@H](C)O1. The number of carbonyl (C=O) groups excluding carboxylic acids is 1. The summed E-state index contributed by atoms with van der Waals surface area (Å²) in [4.78, 5) is 14.9. The predicted molar refractivity (Wildman–Crippen MR) is 136 cm³/mol. The average Bonchev–Trinajstić information content (AvgIpc) is 3.25. The molecule has 0 spiro atoms. The van der Waals surface area contributed by atoms with Gasteiger partial charge in [0, 0.05) is 25.6 Å². The van der Waals surface area contributed by atoms with E-state index in [1.165, 1.54) is 47.4 Å². The van der Waals surface area contributed by atoms with Crippen LogP contribution in [0.5, 0.6) is 0 Å². The van der Waals surface area contributed by atoms with Gasteiger partial charge in [0.1, 0.15) is 5.82 Å². The number of ether oxygens (including phenoxy) is 1. The number of fused-ring (bicyclic) bond motifs is 1. The number of hydrogen-bond acceptors (Lipinski definition) is 5. The first-order valence-electron chi connectivity index (χ1n) is 12.5. The van der Waals surface area contributed by atoms with Crippen LogP contribution in [0.2, 0.25) is 0 Å². The van der Waals surface area contributed by atoms with Crippen molar-refractivity contribution < 1.29 is 9.53 Å². The van der Waals surface area contributed by atoms with Crippen molar-refractivity contribution in [2.75, 3.05) is 18.8 Å². The van der Waals surface area contributed by atoms with Crippen molar-refractivity contribution >= 4 is 28.4 Å². The smallest absolute Gasteiger partial charge is 0.233 e. The summed E-state index contributed by atoms with van der Waals surface area (Å²) in [7, 11) is 0. The molecule has 3 aromatic rings. The molecule has 2 atom stereocenters. The van der Waals surface area contributed by atoms with Gasteiger partial charge in [-0.2, -0.15) is 0 Å². The Kier molecular flexibility index (Phi) is 7.21. The Morgan fingerprint density at radius 1 is 1.00 bits per heavy atom. The summed E-state index contributed by atoms with van der Waals surface area (Å²) < 4.78 is 8.14. The molecule has 1 amide bonds. The fraction of sp³-hybridized carbons (Fsp3) is 0.519. The largest absolute Gasteiger partial charge is 0.372 e. The van der Waals surface area contributed by atoms with E-state index in [1.807, 2.05) is 18.7 Å². The molecule has 2 aromatic carbocycles. The molecule has 34 heavy (non-hydrogen) atoms. The van der Waals surface area contributed by atoms with E-state index in [9.17, 15) is 4.79 Å². The number of rotatable bonds is 6. The fourth-order valence-electron chi connectivity index (χ4n) is 5.45. The third-order valence-electron chi connectivity index (χ3n) is 7.00. The van der Waals surface area contributed by atoms with Gasteiger partial charge in [0.25, 0.3) is 0 Å². The molecule has 0 N–H and O–H groups in total. The molecule has 5 rings (SSSR count). The van der Waals surface area contributed by atoms with Crippen LogP contribution in [-0.2, 0) is 16.0 Å². The van der Waals surface area contributed by atoms with Crippen molar-refractivity contribution in [2.24, 2.45) is 0 Å². The third-order valence-corrected chi connectivity index (χ3v) is 7.93. The summed E-state index contributed by atoms with van der Waals surface area (Å²) in [6.45, 7) is 5.38. The van der Waals surface area contributed by atoms with Crippen LogP contribution in [0.1, 0.15) is 63.4 Å². The lowest BCUT2D eigenvalue weighted by atomic mass is 9.95. The molecule has 1 saturated carbocycles. The molecule has 7 heteroatoms. The summed E-state index contributed by atoms with van der Waals surface area (Å²) in [5, 5.41) is 12.6. The lowest BCUT2D eigenvalue weighted by Gasteiger charge is -2.35. The molecule has 2 fully saturated rings. The van der Waals surface area contributed by atoms with Gasteiger partial charge in [0.05, 0.1) is 18.0 Å². The number of thioether (sulfide) groups is 1. The quantitative estimate of drug-likeness (QED) is 0.453. The minimum absolute atomic E-state index is 0.0795. The van der Waals surface area contributed by atoms with Crippen molar-refractivity contribution in [3.63, 3.8) is 0 Å². The highest BCUT2D eigenvalue weighted by atomic mass is 32.2. The van der Waals surface area contributed by atoms with Crippen molar-refractivity contribution in [2.45, 2.75) is 75.8 Å². The second-order valence-corrected chi connectivity index (χ2v) is 10.7. The van der Waals surface area contributed by atoms with E-state index in [1.54, 1.807) is 0 Å². The summed E-state index contributed by atoms with van der Waals surface area (Å²) >= 11 is 1.54. The van der Waals surface area contributed by atoms with E-state index < -0.39 is 0 Å². The topological polar surface area (TPSA) is 60.2 Å². The van der Waals surface area contributed by atoms with Gasteiger partial charge >= 0.3 is 0 Å². The van der Waals surface area contributed by atoms with E-state index >= 15 is 0 Å². The molecule has 1 aliphatic carbocycles. The summed E-state index contributed by atoms with van der Waals surface area (Å²) in [5.74, 6) is 1.55. The minimum Gasteiger partial charge on any atom is -0.372 e. The van der Waals surface area contributed by atoms with Gasteiger partial charge in [-0.25, -0.2) is 0 Å². The zero-order valence-electron chi connectivity index (χ0n) is 20.2. The standard InChI is InChI=1S/C27H34N4O2S/c1-19-16-30(17-20(2)33-19)26(32)18-34-27-29-28-25(31(27)23-12-4-3-5-13-23)15-22-11-8-10-21-9-6-7-14-24(21)22/h6-11,14,19-20,23H,3-5,12-13,15-18H2,1-2H3/t19-,20-/m1/s1. The maximum atomic E-state index is 13.0. The van der Waals surface area contributed by atoms with Crippen LogP contribution in [0.15, 0.2) is 47.6 Å². The van der Waals surface area contributed by atoms with Gasteiger partial charge in [-0.3, -0.25) is 4.79 Å².